The van der Waals surface area contributed by atoms with Crippen molar-refractivity contribution in [3.63, 3.8) is 0 Å². The summed E-state index contributed by atoms with van der Waals surface area (Å²) in [5, 5.41) is 3.29. The van der Waals surface area contributed by atoms with Crippen molar-refractivity contribution >= 4 is 55.1 Å². The van der Waals surface area contributed by atoms with Gasteiger partial charge in [0, 0.05) is 22.6 Å². The van der Waals surface area contributed by atoms with Gasteiger partial charge in [-0.15, -0.1) is 0 Å². The van der Waals surface area contributed by atoms with Gasteiger partial charge in [0.05, 0.1) is 10.6 Å². The van der Waals surface area contributed by atoms with Gasteiger partial charge in [-0.2, -0.15) is 0 Å². The second kappa shape index (κ2) is 14.1. The minimum atomic E-state index is -4.15. The van der Waals surface area contributed by atoms with Crippen LogP contribution in [0.15, 0.2) is 76.1 Å². The number of hydrogen-bond donors (Lipinski definition) is 1. The fourth-order valence-corrected chi connectivity index (χ4v) is 5.84. The summed E-state index contributed by atoms with van der Waals surface area (Å²) in [5.41, 5.74) is 3.04. The van der Waals surface area contributed by atoms with Gasteiger partial charge in [-0.25, -0.2) is 8.42 Å². The van der Waals surface area contributed by atoms with Crippen molar-refractivity contribution in [2.75, 3.05) is 17.4 Å². The molecule has 0 saturated carbocycles. The molecule has 0 saturated heterocycles. The number of unbranched alkanes of at least 4 members (excludes halogenated alkanes) is 1. The quantitative estimate of drug-likeness (QED) is 0.235. The number of benzene rings is 3. The molecule has 0 aliphatic carbocycles. The minimum Gasteiger partial charge on any atom is -0.354 e. The van der Waals surface area contributed by atoms with Gasteiger partial charge >= 0.3 is 0 Å². The largest absolute Gasteiger partial charge is 0.354 e. The summed E-state index contributed by atoms with van der Waals surface area (Å²) >= 11 is 9.43. The van der Waals surface area contributed by atoms with Crippen molar-refractivity contribution in [3.8, 4) is 0 Å². The maximum atomic E-state index is 14.0. The van der Waals surface area contributed by atoms with Gasteiger partial charge in [0.25, 0.3) is 10.0 Å². The normalized spacial score (nSPS) is 12.1. The Morgan fingerprint density at radius 3 is 2.23 bits per heavy atom. The number of sulfonamides is 1. The average Bonchev–Trinajstić information content (AvgIpc) is 2.92. The van der Waals surface area contributed by atoms with Crippen molar-refractivity contribution < 1.29 is 18.0 Å². The summed E-state index contributed by atoms with van der Waals surface area (Å²) in [6, 6.07) is 17.7. The molecule has 0 aliphatic rings. The third-order valence-corrected chi connectivity index (χ3v) is 9.29. The van der Waals surface area contributed by atoms with Crippen molar-refractivity contribution in [3.05, 3.63) is 92.9 Å². The summed E-state index contributed by atoms with van der Waals surface area (Å²) in [7, 11) is -4.15. The van der Waals surface area contributed by atoms with Crippen LogP contribution >= 0.6 is 27.5 Å². The van der Waals surface area contributed by atoms with Crippen molar-refractivity contribution in [2.24, 2.45) is 0 Å². The Morgan fingerprint density at radius 1 is 0.975 bits per heavy atom. The van der Waals surface area contributed by atoms with Crippen molar-refractivity contribution in [1.82, 2.24) is 10.2 Å². The SMILES string of the molecule is CCCCNC(=O)[C@@H](C)N(Cc1ccc(Br)cc1)C(=O)CN(c1ccc(C)c(C)c1)S(=O)(=O)c1ccc(Cl)cc1. The number of anilines is 1. The molecule has 0 aromatic heterocycles. The van der Waals surface area contributed by atoms with Gasteiger partial charge in [-0.1, -0.05) is 59.1 Å². The van der Waals surface area contributed by atoms with Crippen LogP contribution in [0.3, 0.4) is 0 Å². The van der Waals surface area contributed by atoms with Crippen molar-refractivity contribution in [2.45, 2.75) is 58.0 Å². The molecule has 0 aliphatic heterocycles. The first-order chi connectivity index (χ1) is 18.9. The first-order valence-corrected chi connectivity index (χ1v) is 15.7. The minimum absolute atomic E-state index is 0.00717. The van der Waals surface area contributed by atoms with Crippen LogP contribution in [0.1, 0.15) is 43.4 Å². The number of hydrogen-bond acceptors (Lipinski definition) is 4. The van der Waals surface area contributed by atoms with E-state index in [1.165, 1.54) is 29.2 Å². The summed E-state index contributed by atoms with van der Waals surface area (Å²) in [6.45, 7) is 7.65. The smallest absolute Gasteiger partial charge is 0.264 e. The molecule has 40 heavy (non-hydrogen) atoms. The molecule has 0 unspecified atom stereocenters. The van der Waals surface area contributed by atoms with E-state index in [2.05, 4.69) is 21.2 Å². The lowest BCUT2D eigenvalue weighted by Crippen LogP contribution is -2.51. The lowest BCUT2D eigenvalue weighted by Gasteiger charge is -2.32. The molecule has 214 valence electrons. The van der Waals surface area contributed by atoms with Crippen molar-refractivity contribution in [1.29, 1.82) is 0 Å². The van der Waals surface area contributed by atoms with Crippen LogP contribution in [-0.2, 0) is 26.2 Å². The monoisotopic (exact) mass is 647 g/mol. The van der Waals surface area contributed by atoms with Crippen LogP contribution < -0.4 is 9.62 Å². The molecule has 0 heterocycles. The number of amides is 2. The number of nitrogens with zero attached hydrogens (tertiary/aromatic N) is 2. The predicted molar refractivity (Wildman–Crippen MR) is 164 cm³/mol. The summed E-state index contributed by atoms with van der Waals surface area (Å²) in [5.74, 6) is -0.797. The molecular formula is C30H35BrClN3O4S. The molecule has 7 nitrogen and oxygen atoms in total. The van der Waals surface area contributed by atoms with E-state index in [0.717, 1.165) is 38.3 Å². The standard InChI is InChI=1S/C30H35BrClN3O4S/c1-5-6-17-33-30(37)23(4)34(19-24-8-10-25(31)11-9-24)29(36)20-35(27-14-7-21(2)22(3)18-27)40(38,39)28-15-12-26(32)13-16-28/h7-16,18,23H,5-6,17,19-20H2,1-4H3,(H,33,37)/t23-/m1/s1. The molecule has 0 bridgehead atoms. The molecule has 3 rings (SSSR count). The van der Waals surface area contributed by atoms with E-state index in [-0.39, 0.29) is 17.3 Å². The topological polar surface area (TPSA) is 86.8 Å². The molecule has 0 fully saturated rings. The second-order valence-electron chi connectivity index (χ2n) is 9.70. The van der Waals surface area contributed by atoms with Crippen LogP contribution in [0.5, 0.6) is 0 Å². The number of carbonyl (C=O) groups excluding carboxylic acids is 2. The molecule has 0 radical (unpaired) electrons. The Balaban J connectivity index is 2.02. The van der Waals surface area contributed by atoms with E-state index in [9.17, 15) is 18.0 Å². The lowest BCUT2D eigenvalue weighted by atomic mass is 10.1. The Hall–Kier alpha value is -2.88. The van der Waals surface area contributed by atoms with Gasteiger partial charge in [0.15, 0.2) is 0 Å². The first-order valence-electron chi connectivity index (χ1n) is 13.1. The number of nitrogens with one attached hydrogen (secondary N) is 1. The highest BCUT2D eigenvalue weighted by atomic mass is 79.9. The van der Waals surface area contributed by atoms with Crippen LogP contribution in [-0.4, -0.2) is 44.3 Å². The zero-order valence-electron chi connectivity index (χ0n) is 23.2. The van der Waals surface area contributed by atoms with E-state index in [1.54, 1.807) is 19.1 Å². The summed E-state index contributed by atoms with van der Waals surface area (Å²) < 4.78 is 29.8. The van der Waals surface area contributed by atoms with Gasteiger partial charge < -0.3 is 10.2 Å². The Bertz CT molecular complexity index is 1430. The molecular weight excluding hydrogens is 614 g/mol. The Morgan fingerprint density at radius 2 is 1.62 bits per heavy atom. The summed E-state index contributed by atoms with van der Waals surface area (Å²) in [4.78, 5) is 28.4. The Labute approximate surface area is 250 Å². The fraction of sp³-hybridized carbons (Fsp3) is 0.333. The van der Waals surface area contributed by atoms with E-state index in [1.807, 2.05) is 51.1 Å². The summed E-state index contributed by atoms with van der Waals surface area (Å²) in [6.07, 6.45) is 1.74. The molecule has 1 N–H and O–H groups in total. The van der Waals surface area contributed by atoms with Gasteiger partial charge in [0.2, 0.25) is 11.8 Å². The van der Waals surface area contributed by atoms with E-state index >= 15 is 0 Å². The molecule has 1 atom stereocenters. The molecule has 2 amide bonds. The van der Waals surface area contributed by atoms with Gasteiger partial charge in [0.1, 0.15) is 12.6 Å². The third kappa shape index (κ3) is 8.08. The highest BCUT2D eigenvalue weighted by molar-refractivity contribution is 9.10. The van der Waals surface area contributed by atoms with Crippen LogP contribution in [0.4, 0.5) is 5.69 Å². The lowest BCUT2D eigenvalue weighted by molar-refractivity contribution is -0.139. The highest BCUT2D eigenvalue weighted by Crippen LogP contribution is 2.27. The third-order valence-electron chi connectivity index (χ3n) is 6.72. The highest BCUT2D eigenvalue weighted by Gasteiger charge is 2.32. The fourth-order valence-electron chi connectivity index (χ4n) is 4.05. The number of rotatable bonds is 12. The molecule has 10 heteroatoms. The van der Waals surface area contributed by atoms with Crippen LogP contribution in [0.25, 0.3) is 0 Å². The maximum Gasteiger partial charge on any atom is 0.264 e. The van der Waals surface area contributed by atoms with E-state index < -0.39 is 28.5 Å². The predicted octanol–water partition coefficient (Wildman–Crippen LogP) is 6.25. The number of carbonyl (C=O) groups is 2. The second-order valence-corrected chi connectivity index (χ2v) is 12.9. The molecule has 3 aromatic rings. The first kappa shape index (κ1) is 31.6. The zero-order chi connectivity index (χ0) is 29.4. The molecule has 3 aromatic carbocycles. The van der Waals surface area contributed by atoms with Gasteiger partial charge in [-0.05, 0) is 92.4 Å². The van der Waals surface area contributed by atoms with Gasteiger partial charge in [-0.3, -0.25) is 13.9 Å². The van der Waals surface area contributed by atoms with E-state index in [4.69, 9.17) is 11.6 Å². The van der Waals surface area contributed by atoms with Crippen LogP contribution in [0.2, 0.25) is 5.02 Å². The number of halogens is 2. The average molecular weight is 649 g/mol. The maximum absolute atomic E-state index is 14.0. The zero-order valence-corrected chi connectivity index (χ0v) is 26.3. The molecule has 0 spiro atoms. The van der Waals surface area contributed by atoms with E-state index in [0.29, 0.717) is 17.3 Å². The van der Waals surface area contributed by atoms with Crippen LogP contribution in [0, 0.1) is 13.8 Å². The Kier molecular flexibility index (Phi) is 11.2. The number of aryl methyl sites for hydroxylation is 2.